The van der Waals surface area contributed by atoms with Crippen LogP contribution in [0.1, 0.15) is 20.7 Å². The first-order valence-electron chi connectivity index (χ1n) is 5.45. The Morgan fingerprint density at radius 2 is 1.81 bits per heavy atom. The number of aromatic nitrogens is 2. The summed E-state index contributed by atoms with van der Waals surface area (Å²) in [4.78, 5) is 23.2. The van der Waals surface area contributed by atoms with Gasteiger partial charge in [0, 0.05) is 0 Å². The van der Waals surface area contributed by atoms with Gasteiger partial charge in [0.05, 0.1) is 16.8 Å². The molecule has 0 fully saturated rings. The lowest BCUT2D eigenvalue weighted by atomic mass is 10.1. The second-order valence-electron chi connectivity index (χ2n) is 3.86. The lowest BCUT2D eigenvalue weighted by Gasteiger charge is -2.09. The Bertz CT molecular complexity index is 736. The zero-order chi connectivity index (χ0) is 15.6. The number of carbonyl (C=O) groups is 2. The third-order valence-corrected chi connectivity index (χ3v) is 2.91. The average Bonchev–Trinajstić information content (AvgIpc) is 2.43. The Morgan fingerprint density at radius 3 is 2.48 bits per heavy atom. The number of aromatic hydroxyl groups is 1. The molecule has 0 aliphatic carbocycles. The molecule has 1 aromatic heterocycles. The minimum atomic E-state index is -1.31. The Balaban J connectivity index is 2.36. The highest BCUT2D eigenvalue weighted by atomic mass is 35.5. The van der Waals surface area contributed by atoms with Gasteiger partial charge in [0.25, 0.3) is 5.91 Å². The van der Waals surface area contributed by atoms with E-state index in [2.05, 4.69) is 15.5 Å². The number of benzene rings is 1. The van der Waals surface area contributed by atoms with E-state index in [0.717, 1.165) is 6.07 Å². The summed E-state index contributed by atoms with van der Waals surface area (Å²) in [5.41, 5.74) is -0.331. The minimum Gasteiger partial charge on any atom is -0.508 e. The van der Waals surface area contributed by atoms with Crippen molar-refractivity contribution < 1.29 is 19.8 Å². The number of aromatic carboxylic acids is 1. The maximum atomic E-state index is 12.1. The molecule has 0 spiro atoms. The van der Waals surface area contributed by atoms with Gasteiger partial charge in [0.2, 0.25) is 0 Å². The van der Waals surface area contributed by atoms with E-state index in [1.807, 2.05) is 0 Å². The standard InChI is InChI=1S/C12H7Cl2N3O4/c13-9-4-7(10(14)17-16-9)11(19)15-8-2-1-5(18)3-6(8)12(20)21/h1-4,18H,(H,15,19)(H,20,21). The third kappa shape index (κ3) is 3.39. The van der Waals surface area contributed by atoms with E-state index in [1.54, 1.807) is 0 Å². The van der Waals surface area contributed by atoms with Crippen molar-refractivity contribution in [3.05, 3.63) is 45.7 Å². The Hall–Kier alpha value is -2.38. The van der Waals surface area contributed by atoms with Crippen LogP contribution in [0, 0.1) is 0 Å². The monoisotopic (exact) mass is 327 g/mol. The number of rotatable bonds is 3. The molecule has 0 radical (unpaired) electrons. The van der Waals surface area contributed by atoms with Gasteiger partial charge >= 0.3 is 5.97 Å². The van der Waals surface area contributed by atoms with Crippen LogP contribution in [-0.2, 0) is 0 Å². The highest BCUT2D eigenvalue weighted by Crippen LogP contribution is 2.23. The molecule has 21 heavy (non-hydrogen) atoms. The molecule has 0 aliphatic rings. The molecule has 0 unspecified atom stereocenters. The summed E-state index contributed by atoms with van der Waals surface area (Å²) in [5, 5.41) is 27.4. The minimum absolute atomic E-state index is 0.00528. The summed E-state index contributed by atoms with van der Waals surface area (Å²) in [6.45, 7) is 0. The van der Waals surface area contributed by atoms with Crippen molar-refractivity contribution in [2.75, 3.05) is 5.32 Å². The first-order valence-corrected chi connectivity index (χ1v) is 6.20. The fourth-order valence-corrected chi connectivity index (χ4v) is 1.85. The summed E-state index contributed by atoms with van der Waals surface area (Å²) in [6, 6.07) is 4.70. The molecular weight excluding hydrogens is 321 g/mol. The van der Waals surface area contributed by atoms with Crippen LogP contribution < -0.4 is 5.32 Å². The number of phenolic OH excluding ortho intramolecular Hbond substituents is 1. The molecule has 3 N–H and O–H groups in total. The van der Waals surface area contributed by atoms with Crippen LogP contribution in [-0.4, -0.2) is 32.3 Å². The van der Waals surface area contributed by atoms with E-state index in [9.17, 15) is 14.7 Å². The number of phenols is 1. The molecule has 0 saturated heterocycles. The molecule has 0 atom stereocenters. The van der Waals surface area contributed by atoms with Gasteiger partial charge in [-0.15, -0.1) is 10.2 Å². The molecule has 2 rings (SSSR count). The van der Waals surface area contributed by atoms with E-state index < -0.39 is 11.9 Å². The maximum absolute atomic E-state index is 12.1. The molecule has 9 heteroatoms. The second-order valence-corrected chi connectivity index (χ2v) is 4.61. The fourth-order valence-electron chi connectivity index (χ4n) is 1.52. The van der Waals surface area contributed by atoms with E-state index in [1.165, 1.54) is 18.2 Å². The number of anilines is 1. The summed E-state index contributed by atoms with van der Waals surface area (Å²) in [6.07, 6.45) is 0. The number of nitrogens with zero attached hydrogens (tertiary/aromatic N) is 2. The van der Waals surface area contributed by atoms with Crippen LogP contribution in [0.25, 0.3) is 0 Å². The fraction of sp³-hybridized carbons (Fsp3) is 0. The Labute approximate surface area is 128 Å². The van der Waals surface area contributed by atoms with Gasteiger partial charge < -0.3 is 15.5 Å². The average molecular weight is 328 g/mol. The van der Waals surface area contributed by atoms with Gasteiger partial charge in [-0.3, -0.25) is 4.79 Å². The zero-order valence-electron chi connectivity index (χ0n) is 10.2. The van der Waals surface area contributed by atoms with E-state index in [-0.39, 0.29) is 32.9 Å². The lowest BCUT2D eigenvalue weighted by molar-refractivity contribution is 0.0697. The molecule has 1 heterocycles. The van der Waals surface area contributed by atoms with Crippen molar-refractivity contribution in [1.82, 2.24) is 10.2 Å². The molecule has 0 saturated carbocycles. The number of nitrogens with one attached hydrogen (secondary N) is 1. The number of carboxylic acid groups (broad SMARTS) is 1. The number of carbonyl (C=O) groups excluding carboxylic acids is 1. The summed E-state index contributed by atoms with van der Waals surface area (Å²) >= 11 is 11.4. The quantitative estimate of drug-likeness (QED) is 0.746. The highest BCUT2D eigenvalue weighted by molar-refractivity contribution is 6.34. The summed E-state index contributed by atoms with van der Waals surface area (Å²) < 4.78 is 0. The van der Waals surface area contributed by atoms with Crippen molar-refractivity contribution in [1.29, 1.82) is 0 Å². The van der Waals surface area contributed by atoms with Gasteiger partial charge in [-0.05, 0) is 24.3 Å². The largest absolute Gasteiger partial charge is 0.508 e. The predicted octanol–water partition coefficient (Wildman–Crippen LogP) is 2.44. The molecule has 108 valence electrons. The Morgan fingerprint density at radius 1 is 1.10 bits per heavy atom. The molecule has 1 aromatic carbocycles. The topological polar surface area (TPSA) is 112 Å². The number of hydrogen-bond donors (Lipinski definition) is 3. The van der Waals surface area contributed by atoms with Crippen molar-refractivity contribution >= 4 is 40.8 Å². The van der Waals surface area contributed by atoms with Gasteiger partial charge in [-0.1, -0.05) is 23.2 Å². The summed E-state index contributed by atoms with van der Waals surface area (Å²) in [7, 11) is 0. The highest BCUT2D eigenvalue weighted by Gasteiger charge is 2.17. The molecule has 7 nitrogen and oxygen atoms in total. The molecule has 0 bridgehead atoms. The smallest absolute Gasteiger partial charge is 0.337 e. The second kappa shape index (κ2) is 5.94. The number of halogens is 2. The van der Waals surface area contributed by atoms with Gasteiger partial charge in [0.1, 0.15) is 5.75 Å². The van der Waals surface area contributed by atoms with Crippen LogP contribution in [0.4, 0.5) is 5.69 Å². The SMILES string of the molecule is O=C(O)c1cc(O)ccc1NC(=O)c1cc(Cl)nnc1Cl. The van der Waals surface area contributed by atoms with Crippen molar-refractivity contribution in [2.45, 2.75) is 0 Å². The van der Waals surface area contributed by atoms with E-state index >= 15 is 0 Å². The normalized spacial score (nSPS) is 10.2. The van der Waals surface area contributed by atoms with Crippen molar-refractivity contribution in [3.8, 4) is 5.75 Å². The number of amides is 1. The Kier molecular flexibility index (Phi) is 4.25. The van der Waals surface area contributed by atoms with E-state index in [0.29, 0.717) is 0 Å². The molecule has 2 aromatic rings. The van der Waals surface area contributed by atoms with Crippen LogP contribution >= 0.6 is 23.2 Å². The van der Waals surface area contributed by atoms with Gasteiger partial charge in [0.15, 0.2) is 10.3 Å². The van der Waals surface area contributed by atoms with Crippen molar-refractivity contribution in [2.24, 2.45) is 0 Å². The first kappa shape index (κ1) is 15.0. The van der Waals surface area contributed by atoms with Gasteiger partial charge in [-0.2, -0.15) is 0 Å². The third-order valence-electron chi connectivity index (χ3n) is 2.45. The van der Waals surface area contributed by atoms with Crippen LogP contribution in [0.2, 0.25) is 10.3 Å². The number of carboxylic acids is 1. The lowest BCUT2D eigenvalue weighted by Crippen LogP contribution is -2.16. The number of hydrogen-bond acceptors (Lipinski definition) is 5. The maximum Gasteiger partial charge on any atom is 0.337 e. The van der Waals surface area contributed by atoms with Crippen LogP contribution in [0.15, 0.2) is 24.3 Å². The molecule has 0 aliphatic heterocycles. The van der Waals surface area contributed by atoms with Gasteiger partial charge in [-0.25, -0.2) is 4.79 Å². The van der Waals surface area contributed by atoms with Crippen LogP contribution in [0.5, 0.6) is 5.75 Å². The predicted molar refractivity (Wildman–Crippen MR) is 75.1 cm³/mol. The van der Waals surface area contributed by atoms with Crippen LogP contribution in [0.3, 0.4) is 0 Å². The summed E-state index contributed by atoms with van der Waals surface area (Å²) in [5.74, 6) is -2.25. The van der Waals surface area contributed by atoms with E-state index in [4.69, 9.17) is 28.3 Å². The first-order chi connectivity index (χ1) is 9.88. The molecular formula is C12H7Cl2N3O4. The van der Waals surface area contributed by atoms with Crippen molar-refractivity contribution in [3.63, 3.8) is 0 Å². The zero-order valence-corrected chi connectivity index (χ0v) is 11.7. The molecule has 1 amide bonds.